The van der Waals surface area contributed by atoms with Crippen molar-refractivity contribution in [2.24, 2.45) is 17.8 Å². The SMILES string of the molecule is CO[C@@H]1C[C@H](C[C@@H](C)[C@@H]2C[C@@H](O)CCCCCC(=O)CCC[C@@H]3CC[C@@H](C)[C@@](O)(O3)C(=O)C(=O)N3CCCC[C@H]3C(=O)O2)CC[C@H]1O. The zero-order valence-corrected chi connectivity index (χ0v) is 28.8. The number of fused-ring (bicyclic) bond motifs is 3. The molecule has 0 aromatic carbocycles. The Hall–Kier alpha value is -1.92. The van der Waals surface area contributed by atoms with Gasteiger partial charge in [-0.05, 0) is 95.3 Å². The molecule has 3 aliphatic heterocycles. The molecule has 0 unspecified atom stereocenters. The first-order valence-electron chi connectivity index (χ1n) is 18.3. The molecular weight excluding hydrogens is 606 g/mol. The van der Waals surface area contributed by atoms with E-state index in [0.717, 1.165) is 25.7 Å². The van der Waals surface area contributed by atoms with Gasteiger partial charge in [-0.25, -0.2) is 4.79 Å². The lowest BCUT2D eigenvalue weighted by Crippen LogP contribution is -2.60. The van der Waals surface area contributed by atoms with Gasteiger partial charge in [-0.1, -0.05) is 26.7 Å². The zero-order chi connectivity index (χ0) is 34.1. The van der Waals surface area contributed by atoms with Crippen LogP contribution in [0.1, 0.15) is 129 Å². The van der Waals surface area contributed by atoms with Crippen LogP contribution in [0.25, 0.3) is 0 Å². The number of ether oxygens (including phenoxy) is 3. The van der Waals surface area contributed by atoms with Gasteiger partial charge in [0.05, 0.1) is 24.4 Å². The first-order chi connectivity index (χ1) is 22.4. The van der Waals surface area contributed by atoms with Gasteiger partial charge in [-0.15, -0.1) is 0 Å². The number of hydrogen-bond acceptors (Lipinski definition) is 10. The molecule has 3 saturated heterocycles. The molecule has 4 fully saturated rings. The summed E-state index contributed by atoms with van der Waals surface area (Å²) in [6.45, 7) is 3.88. The second-order valence-electron chi connectivity index (χ2n) is 14.9. The molecule has 3 N–H and O–H groups in total. The van der Waals surface area contributed by atoms with E-state index in [1.165, 1.54) is 4.90 Å². The van der Waals surface area contributed by atoms with Gasteiger partial charge in [0.1, 0.15) is 17.9 Å². The van der Waals surface area contributed by atoms with Crippen LogP contribution in [-0.2, 0) is 33.4 Å². The van der Waals surface area contributed by atoms with Crippen LogP contribution in [0, 0.1) is 17.8 Å². The Morgan fingerprint density at radius 2 is 1.64 bits per heavy atom. The number of carbonyl (C=O) groups is 4. The number of nitrogens with zero attached hydrogens (tertiary/aromatic N) is 1. The minimum atomic E-state index is -2.30. The van der Waals surface area contributed by atoms with Crippen molar-refractivity contribution in [2.45, 2.75) is 172 Å². The number of cyclic esters (lactones) is 1. The van der Waals surface area contributed by atoms with E-state index >= 15 is 0 Å². The number of hydrogen-bond donors (Lipinski definition) is 3. The first kappa shape index (κ1) is 37.9. The molecule has 4 aliphatic rings. The number of ketones is 2. The zero-order valence-electron chi connectivity index (χ0n) is 28.8. The average Bonchev–Trinajstić information content (AvgIpc) is 3.05. The molecule has 10 atom stereocenters. The van der Waals surface area contributed by atoms with E-state index in [-0.39, 0.29) is 36.7 Å². The highest BCUT2D eigenvalue weighted by Crippen LogP contribution is 2.37. The van der Waals surface area contributed by atoms with Crippen molar-refractivity contribution < 1.29 is 48.7 Å². The maximum Gasteiger partial charge on any atom is 0.329 e. The van der Waals surface area contributed by atoms with Crippen LogP contribution in [0.4, 0.5) is 0 Å². The quantitative estimate of drug-likeness (QED) is 0.296. The van der Waals surface area contributed by atoms with Crippen LogP contribution in [0.15, 0.2) is 0 Å². The summed E-state index contributed by atoms with van der Waals surface area (Å²) in [5.74, 6) is -5.23. The van der Waals surface area contributed by atoms with Crippen molar-refractivity contribution in [1.82, 2.24) is 4.90 Å². The standard InChI is InChI=1S/C36H59NO10/c1-23(20-25-16-18-30(40)32(21-25)45-3)31-22-27(39)11-6-4-5-10-26(38)12-9-13-28-17-15-24(2)36(44,47-28)33(41)34(42)37-19-8-7-14-29(37)35(43)46-31/h23-25,27-32,39-40,44H,4-22H2,1-3H3/t23-,24-,25+,27+,28-,29+,30-,31+,32-,36-/m1/s1. The summed E-state index contributed by atoms with van der Waals surface area (Å²) in [5.41, 5.74) is 0. The summed E-state index contributed by atoms with van der Waals surface area (Å²) in [7, 11) is 1.60. The molecular formula is C36H59NO10. The Morgan fingerprint density at radius 3 is 2.40 bits per heavy atom. The molecule has 1 aliphatic carbocycles. The number of esters is 1. The number of aliphatic hydroxyl groups excluding tert-OH is 2. The third-order valence-electron chi connectivity index (χ3n) is 11.2. The summed E-state index contributed by atoms with van der Waals surface area (Å²) in [6, 6.07) is -0.979. The Morgan fingerprint density at radius 1 is 0.894 bits per heavy atom. The van der Waals surface area contributed by atoms with Crippen molar-refractivity contribution in [2.75, 3.05) is 13.7 Å². The van der Waals surface area contributed by atoms with E-state index in [1.807, 2.05) is 6.92 Å². The highest BCUT2D eigenvalue weighted by atomic mass is 16.6. The second-order valence-corrected chi connectivity index (χ2v) is 14.9. The van der Waals surface area contributed by atoms with Crippen LogP contribution in [0.2, 0.25) is 0 Å². The van der Waals surface area contributed by atoms with E-state index in [1.54, 1.807) is 14.0 Å². The largest absolute Gasteiger partial charge is 0.460 e. The van der Waals surface area contributed by atoms with Gasteiger partial charge < -0.3 is 34.4 Å². The summed E-state index contributed by atoms with van der Waals surface area (Å²) in [6.07, 6.45) is 8.06. The molecule has 0 aromatic rings. The third-order valence-corrected chi connectivity index (χ3v) is 11.2. The summed E-state index contributed by atoms with van der Waals surface area (Å²) in [5, 5.41) is 32.9. The summed E-state index contributed by atoms with van der Waals surface area (Å²) >= 11 is 0. The smallest absolute Gasteiger partial charge is 0.329 e. The van der Waals surface area contributed by atoms with Gasteiger partial charge in [0.25, 0.3) is 11.7 Å². The summed E-state index contributed by atoms with van der Waals surface area (Å²) < 4.78 is 17.6. The van der Waals surface area contributed by atoms with E-state index in [4.69, 9.17) is 14.2 Å². The number of amides is 1. The van der Waals surface area contributed by atoms with Gasteiger partial charge in [-0.2, -0.15) is 0 Å². The van der Waals surface area contributed by atoms with Gasteiger partial charge in [-0.3, -0.25) is 14.4 Å². The molecule has 1 amide bonds. The maximum absolute atomic E-state index is 13.9. The molecule has 1 saturated carbocycles. The highest BCUT2D eigenvalue weighted by Gasteiger charge is 2.52. The molecule has 2 bridgehead atoms. The number of Topliss-reactive ketones (excluding diaryl/α,β-unsaturated/α-hetero) is 2. The van der Waals surface area contributed by atoms with Crippen molar-refractivity contribution in [3.8, 4) is 0 Å². The fourth-order valence-electron chi connectivity index (χ4n) is 8.13. The fourth-order valence-corrected chi connectivity index (χ4v) is 8.13. The van der Waals surface area contributed by atoms with E-state index < -0.39 is 59.8 Å². The second kappa shape index (κ2) is 17.7. The van der Waals surface area contributed by atoms with Gasteiger partial charge >= 0.3 is 5.97 Å². The molecule has 3 heterocycles. The van der Waals surface area contributed by atoms with Crippen LogP contribution in [0.5, 0.6) is 0 Å². The Bertz CT molecular complexity index is 1070. The van der Waals surface area contributed by atoms with Crippen molar-refractivity contribution >= 4 is 23.4 Å². The van der Waals surface area contributed by atoms with Crippen LogP contribution in [-0.4, -0.2) is 99.7 Å². The Balaban J connectivity index is 1.54. The lowest BCUT2D eigenvalue weighted by atomic mass is 9.78. The van der Waals surface area contributed by atoms with Gasteiger partial charge in [0.15, 0.2) is 0 Å². The Kier molecular flexibility index (Phi) is 14.2. The molecule has 11 heteroatoms. The third kappa shape index (κ3) is 10.1. The fraction of sp³-hybridized carbons (Fsp3) is 0.889. The normalized spacial score (nSPS) is 38.6. The lowest BCUT2D eigenvalue weighted by Gasteiger charge is -2.42. The number of rotatable bonds is 4. The highest BCUT2D eigenvalue weighted by molar-refractivity contribution is 6.39. The first-order valence-corrected chi connectivity index (χ1v) is 18.3. The lowest BCUT2D eigenvalue weighted by molar-refractivity contribution is -0.263. The van der Waals surface area contributed by atoms with E-state index in [0.29, 0.717) is 83.5 Å². The molecule has 0 aromatic heterocycles. The summed E-state index contributed by atoms with van der Waals surface area (Å²) in [4.78, 5) is 55.1. The average molecular weight is 666 g/mol. The minimum Gasteiger partial charge on any atom is -0.460 e. The number of methoxy groups -OCH3 is 1. The molecule has 0 radical (unpaired) electrons. The predicted octanol–water partition coefficient (Wildman–Crippen LogP) is 4.01. The predicted molar refractivity (Wildman–Crippen MR) is 173 cm³/mol. The number of carbonyl (C=O) groups excluding carboxylic acids is 4. The van der Waals surface area contributed by atoms with Gasteiger partial charge in [0.2, 0.25) is 5.79 Å². The number of aliphatic hydroxyl groups is 3. The number of piperidine rings is 1. The van der Waals surface area contributed by atoms with Crippen molar-refractivity contribution in [3.05, 3.63) is 0 Å². The van der Waals surface area contributed by atoms with Crippen molar-refractivity contribution in [1.29, 1.82) is 0 Å². The molecule has 4 rings (SSSR count). The van der Waals surface area contributed by atoms with Crippen LogP contribution >= 0.6 is 0 Å². The monoisotopic (exact) mass is 665 g/mol. The maximum atomic E-state index is 13.9. The molecule has 0 spiro atoms. The van der Waals surface area contributed by atoms with Crippen LogP contribution in [0.3, 0.4) is 0 Å². The van der Waals surface area contributed by atoms with Crippen molar-refractivity contribution in [3.63, 3.8) is 0 Å². The molecule has 268 valence electrons. The topological polar surface area (TPSA) is 160 Å². The molecule has 47 heavy (non-hydrogen) atoms. The van der Waals surface area contributed by atoms with E-state index in [9.17, 15) is 34.5 Å². The van der Waals surface area contributed by atoms with E-state index in [2.05, 4.69) is 0 Å². The van der Waals surface area contributed by atoms with Gasteiger partial charge in [0, 0.05) is 38.8 Å². The minimum absolute atomic E-state index is 0.117. The Labute approximate surface area is 280 Å². The molecule has 11 nitrogen and oxygen atoms in total. The van der Waals surface area contributed by atoms with Crippen LogP contribution < -0.4 is 0 Å².